The molecule has 23 heavy (non-hydrogen) atoms. The van der Waals surface area contributed by atoms with Crippen LogP contribution < -0.4 is 0 Å². The van der Waals surface area contributed by atoms with Gasteiger partial charge in [-0.05, 0) is 30.2 Å². The Labute approximate surface area is 158 Å². The van der Waals surface area contributed by atoms with Crippen molar-refractivity contribution < 1.29 is 26.2 Å². The van der Waals surface area contributed by atoms with E-state index >= 15 is 0 Å². The van der Waals surface area contributed by atoms with Crippen molar-refractivity contribution in [2.45, 2.75) is 39.0 Å². The molecule has 1 aliphatic rings. The van der Waals surface area contributed by atoms with E-state index < -0.39 is 0 Å². The molecule has 4 rings (SSSR count). The van der Waals surface area contributed by atoms with Gasteiger partial charge in [0, 0.05) is 26.2 Å². The first-order valence-corrected chi connectivity index (χ1v) is 8.53. The summed E-state index contributed by atoms with van der Waals surface area (Å²) in [7, 11) is 0. The maximum absolute atomic E-state index is 2.44. The Kier molecular flexibility index (Phi) is 4.97. The van der Waals surface area contributed by atoms with Gasteiger partial charge in [-0.2, -0.15) is 6.07 Å². The quantitative estimate of drug-likeness (QED) is 0.464. The molecule has 1 aliphatic carbocycles. The number of fused-ring (bicyclic) bond motifs is 1. The van der Waals surface area contributed by atoms with Crippen LogP contribution in [0, 0.1) is 5.41 Å². The van der Waals surface area contributed by atoms with E-state index in [1.165, 1.54) is 59.6 Å². The standard InChI is InChI=1S/C22H23.Zr/c1-2-22(12-7-13-22)16-17-14-19-10-6-11-20(21(19)15-17)18-8-4-3-5-9-18;/h3-6,8-11,14-15H,2,7,12-13,16H2,1H3;/q-1;. The van der Waals surface area contributed by atoms with Gasteiger partial charge in [0.1, 0.15) is 0 Å². The molecule has 0 unspecified atom stereocenters. The van der Waals surface area contributed by atoms with Crippen molar-refractivity contribution in [3.63, 3.8) is 0 Å². The van der Waals surface area contributed by atoms with E-state index in [4.69, 9.17) is 0 Å². The first-order valence-electron chi connectivity index (χ1n) is 8.53. The molecular formula is C22H23Zr-. The Bertz CT molecular complexity index is 773. The van der Waals surface area contributed by atoms with Gasteiger partial charge in [0.2, 0.25) is 0 Å². The third kappa shape index (κ3) is 3.13. The van der Waals surface area contributed by atoms with Crippen LogP contribution in [0.3, 0.4) is 0 Å². The zero-order chi connectivity index (χ0) is 15.0. The molecule has 0 spiro atoms. The summed E-state index contributed by atoms with van der Waals surface area (Å²) in [4.78, 5) is 0. The SMILES string of the molecule is CCC1(Cc2cc3c(-c4ccccc4)cccc3[cH-]2)CCC1.[Zr]. The van der Waals surface area contributed by atoms with Crippen LogP contribution in [-0.4, -0.2) is 0 Å². The van der Waals surface area contributed by atoms with Crippen molar-refractivity contribution in [1.82, 2.24) is 0 Å². The van der Waals surface area contributed by atoms with Gasteiger partial charge in [0.25, 0.3) is 0 Å². The van der Waals surface area contributed by atoms with E-state index in [1.807, 2.05) is 0 Å². The van der Waals surface area contributed by atoms with Crippen molar-refractivity contribution in [3.05, 3.63) is 66.2 Å². The first-order chi connectivity index (χ1) is 10.8. The molecule has 1 heteroatoms. The Morgan fingerprint density at radius 2 is 1.78 bits per heavy atom. The molecule has 0 aliphatic heterocycles. The van der Waals surface area contributed by atoms with Gasteiger partial charge in [-0.3, -0.25) is 0 Å². The van der Waals surface area contributed by atoms with Crippen molar-refractivity contribution in [1.29, 1.82) is 0 Å². The number of benzene rings is 2. The summed E-state index contributed by atoms with van der Waals surface area (Å²) >= 11 is 0. The fourth-order valence-electron chi connectivity index (χ4n) is 4.03. The molecule has 0 N–H and O–H groups in total. The molecule has 0 bridgehead atoms. The largest absolute Gasteiger partial charge is 0.164 e. The van der Waals surface area contributed by atoms with Crippen LogP contribution in [0.15, 0.2) is 60.7 Å². The molecular weight excluding hydrogens is 355 g/mol. The van der Waals surface area contributed by atoms with Gasteiger partial charge < -0.3 is 0 Å². The Morgan fingerprint density at radius 3 is 2.43 bits per heavy atom. The Hall–Kier alpha value is -1.07. The summed E-state index contributed by atoms with van der Waals surface area (Å²) in [5.41, 5.74) is 4.81. The Balaban J connectivity index is 0.00000156. The second kappa shape index (κ2) is 6.82. The zero-order valence-electron chi connectivity index (χ0n) is 13.8. The van der Waals surface area contributed by atoms with E-state index in [1.54, 1.807) is 0 Å². The van der Waals surface area contributed by atoms with Crippen LogP contribution in [-0.2, 0) is 32.6 Å². The average Bonchev–Trinajstić information content (AvgIpc) is 2.94. The number of hydrogen-bond acceptors (Lipinski definition) is 0. The minimum absolute atomic E-state index is 0. The van der Waals surface area contributed by atoms with Gasteiger partial charge in [0.15, 0.2) is 0 Å². The van der Waals surface area contributed by atoms with Gasteiger partial charge in [-0.15, -0.1) is 34.5 Å². The van der Waals surface area contributed by atoms with E-state index in [-0.39, 0.29) is 26.2 Å². The molecule has 3 aromatic carbocycles. The molecule has 1 fully saturated rings. The summed E-state index contributed by atoms with van der Waals surface area (Å²) in [6.45, 7) is 2.36. The normalized spacial score (nSPS) is 15.9. The summed E-state index contributed by atoms with van der Waals surface area (Å²) in [6.07, 6.45) is 6.82. The molecule has 0 heterocycles. The molecule has 1 saturated carbocycles. The number of rotatable bonds is 4. The summed E-state index contributed by atoms with van der Waals surface area (Å²) < 4.78 is 0. The second-order valence-electron chi connectivity index (χ2n) is 6.92. The fourth-order valence-corrected chi connectivity index (χ4v) is 4.03. The molecule has 3 aromatic rings. The topological polar surface area (TPSA) is 0 Å². The van der Waals surface area contributed by atoms with Crippen LogP contribution >= 0.6 is 0 Å². The predicted octanol–water partition coefficient (Wildman–Crippen LogP) is 6.35. The third-order valence-electron chi connectivity index (χ3n) is 5.64. The first kappa shape index (κ1) is 16.8. The van der Waals surface area contributed by atoms with Crippen molar-refractivity contribution in [2.24, 2.45) is 5.41 Å². The molecule has 0 radical (unpaired) electrons. The van der Waals surface area contributed by atoms with Gasteiger partial charge in [-0.1, -0.05) is 61.7 Å². The van der Waals surface area contributed by atoms with Gasteiger partial charge in [-0.25, -0.2) is 0 Å². The summed E-state index contributed by atoms with van der Waals surface area (Å²) in [5, 5.41) is 2.80. The van der Waals surface area contributed by atoms with Gasteiger partial charge in [0.05, 0.1) is 0 Å². The van der Waals surface area contributed by atoms with Crippen molar-refractivity contribution in [2.75, 3.05) is 0 Å². The molecule has 0 atom stereocenters. The average molecular weight is 379 g/mol. The van der Waals surface area contributed by atoms with E-state index in [0.717, 1.165) is 0 Å². The van der Waals surface area contributed by atoms with Crippen LogP contribution in [0.5, 0.6) is 0 Å². The smallest absolute Gasteiger partial charge is 0 e. The minimum atomic E-state index is 0. The molecule has 116 valence electrons. The van der Waals surface area contributed by atoms with Crippen LogP contribution in [0.1, 0.15) is 38.2 Å². The predicted molar refractivity (Wildman–Crippen MR) is 95.3 cm³/mol. The molecule has 0 nitrogen and oxygen atoms in total. The van der Waals surface area contributed by atoms with E-state index in [9.17, 15) is 0 Å². The van der Waals surface area contributed by atoms with Crippen LogP contribution in [0.2, 0.25) is 0 Å². The maximum Gasteiger partial charge on any atom is 0 e. The van der Waals surface area contributed by atoms with Gasteiger partial charge >= 0.3 is 0 Å². The van der Waals surface area contributed by atoms with Crippen LogP contribution in [0.25, 0.3) is 21.9 Å². The Morgan fingerprint density at radius 1 is 1.00 bits per heavy atom. The molecule has 0 aromatic heterocycles. The molecule has 0 saturated heterocycles. The maximum atomic E-state index is 2.44. The zero-order valence-corrected chi connectivity index (χ0v) is 16.3. The summed E-state index contributed by atoms with van der Waals surface area (Å²) in [6, 6.07) is 22.3. The number of hydrogen-bond donors (Lipinski definition) is 0. The van der Waals surface area contributed by atoms with Crippen molar-refractivity contribution in [3.8, 4) is 11.1 Å². The third-order valence-corrected chi connectivity index (χ3v) is 5.64. The van der Waals surface area contributed by atoms with E-state index in [2.05, 4.69) is 67.6 Å². The van der Waals surface area contributed by atoms with Crippen LogP contribution in [0.4, 0.5) is 0 Å². The monoisotopic (exact) mass is 377 g/mol. The molecule has 0 amide bonds. The summed E-state index contributed by atoms with van der Waals surface area (Å²) in [5.74, 6) is 0. The fraction of sp³-hybridized carbons (Fsp3) is 0.318. The minimum Gasteiger partial charge on any atom is -0.164 e. The second-order valence-corrected chi connectivity index (χ2v) is 6.92. The van der Waals surface area contributed by atoms with Crippen molar-refractivity contribution >= 4 is 10.8 Å². The van der Waals surface area contributed by atoms with E-state index in [0.29, 0.717) is 5.41 Å².